The van der Waals surface area contributed by atoms with Crippen molar-refractivity contribution in [2.24, 2.45) is 17.6 Å². The minimum Gasteiger partial charge on any atom is -0.339 e. The Morgan fingerprint density at radius 1 is 1.33 bits per heavy atom. The van der Waals surface area contributed by atoms with Gasteiger partial charge in [0.2, 0.25) is 11.7 Å². The molecule has 5 nitrogen and oxygen atoms in total. The van der Waals surface area contributed by atoms with Crippen LogP contribution in [0.1, 0.15) is 26.2 Å². The first-order chi connectivity index (χ1) is 9.99. The Morgan fingerprint density at radius 2 is 2.10 bits per heavy atom. The fraction of sp³-hybridized carbons (Fsp3) is 0.500. The minimum atomic E-state index is 0.326. The van der Waals surface area contributed by atoms with Gasteiger partial charge in [0.05, 0.1) is 10.0 Å². The van der Waals surface area contributed by atoms with Crippen LogP contribution in [0.15, 0.2) is 16.8 Å². The predicted molar refractivity (Wildman–Crippen MR) is 83.3 cm³/mol. The molecule has 0 unspecified atom stereocenters. The molecule has 0 aromatic carbocycles. The van der Waals surface area contributed by atoms with E-state index < -0.39 is 0 Å². The highest BCUT2D eigenvalue weighted by Crippen LogP contribution is 2.26. The minimum absolute atomic E-state index is 0.326. The normalized spacial score (nSPS) is 12.9. The molecule has 0 saturated carbocycles. The van der Waals surface area contributed by atoms with Gasteiger partial charge in [-0.2, -0.15) is 4.98 Å². The van der Waals surface area contributed by atoms with Crippen molar-refractivity contribution in [1.29, 1.82) is 0 Å². The summed E-state index contributed by atoms with van der Waals surface area (Å²) in [6.07, 6.45) is 3.18. The summed E-state index contributed by atoms with van der Waals surface area (Å²) < 4.78 is 5.27. The summed E-state index contributed by atoms with van der Waals surface area (Å²) in [7, 11) is 0. The van der Waals surface area contributed by atoms with E-state index in [-0.39, 0.29) is 0 Å². The van der Waals surface area contributed by atoms with E-state index in [4.69, 9.17) is 33.5 Å². The molecule has 0 saturated heterocycles. The number of nitrogens with zero attached hydrogens (tertiary/aromatic N) is 3. The third-order valence-corrected chi connectivity index (χ3v) is 3.58. The van der Waals surface area contributed by atoms with Gasteiger partial charge >= 0.3 is 0 Å². The van der Waals surface area contributed by atoms with Crippen molar-refractivity contribution < 1.29 is 4.52 Å². The number of rotatable bonds is 6. The zero-order chi connectivity index (χ0) is 15.4. The zero-order valence-electron chi connectivity index (χ0n) is 12.0. The molecule has 7 heteroatoms. The number of nitrogens with two attached hydrogens (primary N) is 1. The maximum atomic E-state index is 6.09. The van der Waals surface area contributed by atoms with Crippen molar-refractivity contribution in [3.63, 3.8) is 0 Å². The number of pyridine rings is 1. The van der Waals surface area contributed by atoms with E-state index in [1.807, 2.05) is 0 Å². The Balaban J connectivity index is 2.14. The summed E-state index contributed by atoms with van der Waals surface area (Å²) in [6.45, 7) is 4.93. The molecule has 2 N–H and O–H groups in total. The third-order valence-electron chi connectivity index (χ3n) is 3.09. The molecular formula is C14H18Cl2N4O. The van der Waals surface area contributed by atoms with Gasteiger partial charge in [-0.05, 0) is 30.9 Å². The maximum Gasteiger partial charge on any atom is 0.227 e. The van der Waals surface area contributed by atoms with Gasteiger partial charge in [-0.3, -0.25) is 0 Å². The number of halogens is 2. The first-order valence-electron chi connectivity index (χ1n) is 6.83. The molecule has 0 fully saturated rings. The van der Waals surface area contributed by atoms with E-state index >= 15 is 0 Å². The molecule has 2 rings (SSSR count). The summed E-state index contributed by atoms with van der Waals surface area (Å²) >= 11 is 11.9. The number of aromatic nitrogens is 3. The van der Waals surface area contributed by atoms with E-state index in [0.29, 0.717) is 52.3 Å². The molecule has 21 heavy (non-hydrogen) atoms. The standard InChI is InChI=1S/C14H18Cl2N4O/c1-8(2)3-9(6-17)4-12-19-14(20-21-12)13-11(16)5-10(15)7-18-13/h5,7-9H,3-4,6,17H2,1-2H3/t9-/m0/s1. The van der Waals surface area contributed by atoms with E-state index in [1.54, 1.807) is 6.07 Å². The van der Waals surface area contributed by atoms with Gasteiger partial charge in [-0.1, -0.05) is 42.2 Å². The highest BCUT2D eigenvalue weighted by atomic mass is 35.5. The molecule has 114 valence electrons. The van der Waals surface area contributed by atoms with Crippen LogP contribution < -0.4 is 5.73 Å². The predicted octanol–water partition coefficient (Wildman–Crippen LogP) is 3.60. The van der Waals surface area contributed by atoms with E-state index in [9.17, 15) is 0 Å². The zero-order valence-corrected chi connectivity index (χ0v) is 13.5. The second-order valence-corrected chi connectivity index (χ2v) is 6.27. The first kappa shape index (κ1) is 16.2. The monoisotopic (exact) mass is 328 g/mol. The van der Waals surface area contributed by atoms with Crippen LogP contribution in [-0.2, 0) is 6.42 Å². The van der Waals surface area contributed by atoms with Crippen LogP contribution in [0, 0.1) is 11.8 Å². The first-order valence-corrected chi connectivity index (χ1v) is 7.59. The van der Waals surface area contributed by atoms with Crippen molar-refractivity contribution in [2.75, 3.05) is 6.54 Å². The molecule has 0 radical (unpaired) electrons. The van der Waals surface area contributed by atoms with Crippen molar-refractivity contribution in [3.8, 4) is 11.5 Å². The highest BCUT2D eigenvalue weighted by Gasteiger charge is 2.17. The average Bonchev–Trinajstić information content (AvgIpc) is 2.85. The maximum absolute atomic E-state index is 6.09. The Morgan fingerprint density at radius 3 is 2.71 bits per heavy atom. The van der Waals surface area contributed by atoms with E-state index in [0.717, 1.165) is 6.42 Å². The van der Waals surface area contributed by atoms with Crippen LogP contribution in [0.4, 0.5) is 0 Å². The molecule has 1 atom stereocenters. The van der Waals surface area contributed by atoms with Crippen LogP contribution in [0.25, 0.3) is 11.5 Å². The van der Waals surface area contributed by atoms with Gasteiger partial charge in [-0.15, -0.1) is 0 Å². The molecular weight excluding hydrogens is 311 g/mol. The summed E-state index contributed by atoms with van der Waals surface area (Å²) in [6, 6.07) is 1.60. The Kier molecular flexibility index (Phi) is 5.56. The Labute approximate surface area is 133 Å². The molecule has 2 aromatic heterocycles. The quantitative estimate of drug-likeness (QED) is 0.876. The lowest BCUT2D eigenvalue weighted by molar-refractivity contribution is 0.332. The summed E-state index contributed by atoms with van der Waals surface area (Å²) in [5.41, 5.74) is 6.25. The van der Waals surface area contributed by atoms with Gasteiger partial charge < -0.3 is 10.3 Å². The average molecular weight is 329 g/mol. The SMILES string of the molecule is CC(C)C[C@H](CN)Cc1nc(-c2ncc(Cl)cc2Cl)no1. The van der Waals surface area contributed by atoms with E-state index in [1.165, 1.54) is 6.20 Å². The van der Waals surface area contributed by atoms with Gasteiger partial charge in [0.1, 0.15) is 5.69 Å². The van der Waals surface area contributed by atoms with Crippen LogP contribution in [0.5, 0.6) is 0 Å². The van der Waals surface area contributed by atoms with Crippen LogP contribution >= 0.6 is 23.2 Å². The fourth-order valence-corrected chi connectivity index (χ4v) is 2.65. The van der Waals surface area contributed by atoms with Crippen LogP contribution in [0.3, 0.4) is 0 Å². The van der Waals surface area contributed by atoms with E-state index in [2.05, 4.69) is 29.0 Å². The van der Waals surface area contributed by atoms with Crippen LogP contribution in [-0.4, -0.2) is 21.7 Å². The van der Waals surface area contributed by atoms with Crippen LogP contribution in [0.2, 0.25) is 10.0 Å². The lowest BCUT2D eigenvalue weighted by Crippen LogP contribution is -2.19. The van der Waals surface area contributed by atoms with Gasteiger partial charge in [0.15, 0.2) is 0 Å². The second kappa shape index (κ2) is 7.20. The highest BCUT2D eigenvalue weighted by molar-refractivity contribution is 6.35. The van der Waals surface area contributed by atoms with Gasteiger partial charge in [-0.25, -0.2) is 4.98 Å². The van der Waals surface area contributed by atoms with Crippen molar-refractivity contribution in [1.82, 2.24) is 15.1 Å². The number of hydrogen-bond donors (Lipinski definition) is 1. The van der Waals surface area contributed by atoms with Crippen molar-refractivity contribution in [3.05, 3.63) is 28.2 Å². The Hall–Kier alpha value is -1.17. The summed E-state index contributed by atoms with van der Waals surface area (Å²) in [5, 5.41) is 4.79. The topological polar surface area (TPSA) is 77.8 Å². The smallest absolute Gasteiger partial charge is 0.227 e. The summed E-state index contributed by atoms with van der Waals surface area (Å²) in [4.78, 5) is 8.48. The molecule has 0 bridgehead atoms. The number of hydrogen-bond acceptors (Lipinski definition) is 5. The van der Waals surface area contributed by atoms with Gasteiger partial charge in [0.25, 0.3) is 0 Å². The Bertz CT molecular complexity index is 600. The van der Waals surface area contributed by atoms with Crippen molar-refractivity contribution >= 4 is 23.2 Å². The second-order valence-electron chi connectivity index (χ2n) is 5.43. The third kappa shape index (κ3) is 4.40. The fourth-order valence-electron chi connectivity index (χ4n) is 2.19. The summed E-state index contributed by atoms with van der Waals surface area (Å²) in [5.74, 6) is 1.82. The lowest BCUT2D eigenvalue weighted by Gasteiger charge is -2.14. The lowest BCUT2D eigenvalue weighted by atomic mass is 9.94. The van der Waals surface area contributed by atoms with Crippen molar-refractivity contribution in [2.45, 2.75) is 26.7 Å². The molecule has 2 heterocycles. The largest absolute Gasteiger partial charge is 0.339 e. The molecule has 0 aliphatic heterocycles. The molecule has 0 amide bonds. The molecule has 0 aliphatic carbocycles. The van der Waals surface area contributed by atoms with Gasteiger partial charge in [0, 0.05) is 12.6 Å². The molecule has 0 spiro atoms. The molecule has 2 aromatic rings. The molecule has 0 aliphatic rings.